The SMILES string of the molecule is Nc1ncnc(OCC(F)(F)C(F)(F)F)c1[N+](=O)[O-]. The van der Waals surface area contributed by atoms with Gasteiger partial charge in [0, 0.05) is 0 Å². The minimum Gasteiger partial charge on any atom is -0.466 e. The van der Waals surface area contributed by atoms with Crippen LogP contribution in [0.3, 0.4) is 0 Å². The summed E-state index contributed by atoms with van der Waals surface area (Å²) >= 11 is 0. The number of ether oxygens (including phenoxy) is 1. The Morgan fingerprint density at radius 1 is 1.32 bits per heavy atom. The van der Waals surface area contributed by atoms with Crippen molar-refractivity contribution >= 4 is 11.5 Å². The standard InChI is InChI=1S/C7H5F5N4O3/c8-6(9,7(10,11)12)1-19-5-3(16(17)18)4(13)14-2-15-5/h2H,1H2,(H2,13,14,15). The summed E-state index contributed by atoms with van der Waals surface area (Å²) < 4.78 is 64.7. The molecule has 0 aliphatic carbocycles. The molecule has 0 aliphatic heterocycles. The fourth-order valence-corrected chi connectivity index (χ4v) is 0.893. The molecule has 1 aromatic rings. The molecule has 1 heterocycles. The highest BCUT2D eigenvalue weighted by Gasteiger charge is 2.58. The molecular formula is C7H5F5N4O3. The quantitative estimate of drug-likeness (QED) is 0.512. The van der Waals surface area contributed by atoms with E-state index in [1.54, 1.807) is 0 Å². The maximum absolute atomic E-state index is 12.6. The van der Waals surface area contributed by atoms with Crippen molar-refractivity contribution in [3.05, 3.63) is 16.4 Å². The minimum atomic E-state index is -5.85. The van der Waals surface area contributed by atoms with Crippen LogP contribution in [0.15, 0.2) is 6.33 Å². The first-order chi connectivity index (χ1) is 8.56. The largest absolute Gasteiger partial charge is 0.466 e. The van der Waals surface area contributed by atoms with Gasteiger partial charge in [0.2, 0.25) is 5.82 Å². The van der Waals surface area contributed by atoms with E-state index in [0.717, 1.165) is 0 Å². The number of anilines is 1. The molecule has 0 saturated carbocycles. The Balaban J connectivity index is 2.97. The van der Waals surface area contributed by atoms with Crippen LogP contribution in [0.25, 0.3) is 0 Å². The number of halogens is 5. The van der Waals surface area contributed by atoms with Gasteiger partial charge in [-0.05, 0) is 0 Å². The number of aromatic nitrogens is 2. The van der Waals surface area contributed by atoms with Gasteiger partial charge in [-0.1, -0.05) is 0 Å². The first kappa shape index (κ1) is 14.8. The third kappa shape index (κ3) is 3.14. The zero-order valence-corrected chi connectivity index (χ0v) is 8.82. The summed E-state index contributed by atoms with van der Waals surface area (Å²) in [6.07, 6.45) is -5.22. The van der Waals surface area contributed by atoms with Crippen molar-refractivity contribution in [3.8, 4) is 5.88 Å². The number of hydrogen-bond donors (Lipinski definition) is 1. The summed E-state index contributed by atoms with van der Waals surface area (Å²) in [6.45, 7) is -2.16. The highest BCUT2D eigenvalue weighted by molar-refractivity contribution is 5.57. The van der Waals surface area contributed by atoms with E-state index in [0.29, 0.717) is 6.33 Å². The van der Waals surface area contributed by atoms with Gasteiger partial charge in [0.05, 0.1) is 4.92 Å². The molecule has 7 nitrogen and oxygen atoms in total. The van der Waals surface area contributed by atoms with Crippen LogP contribution in [0.5, 0.6) is 5.88 Å². The number of alkyl halides is 5. The van der Waals surface area contributed by atoms with E-state index in [1.165, 1.54) is 0 Å². The third-order valence-electron chi connectivity index (χ3n) is 1.80. The Hall–Kier alpha value is -2.27. The van der Waals surface area contributed by atoms with E-state index < -0.39 is 41.0 Å². The van der Waals surface area contributed by atoms with Gasteiger partial charge in [-0.3, -0.25) is 10.1 Å². The second-order valence-corrected chi connectivity index (χ2v) is 3.16. The Labute approximate surface area is 101 Å². The topological polar surface area (TPSA) is 104 Å². The zero-order valence-electron chi connectivity index (χ0n) is 8.82. The summed E-state index contributed by atoms with van der Waals surface area (Å²) in [5.41, 5.74) is 3.98. The van der Waals surface area contributed by atoms with Crippen LogP contribution < -0.4 is 10.5 Å². The lowest BCUT2D eigenvalue weighted by Gasteiger charge is -2.19. The van der Waals surface area contributed by atoms with E-state index in [9.17, 15) is 32.1 Å². The molecule has 0 saturated heterocycles. The van der Waals surface area contributed by atoms with Crippen molar-refractivity contribution in [2.75, 3.05) is 12.3 Å². The highest BCUT2D eigenvalue weighted by atomic mass is 19.4. The second kappa shape index (κ2) is 4.78. The molecule has 0 spiro atoms. The number of nitrogens with zero attached hydrogens (tertiary/aromatic N) is 3. The molecule has 12 heteroatoms. The van der Waals surface area contributed by atoms with E-state index in [-0.39, 0.29) is 0 Å². The Kier molecular flexibility index (Phi) is 3.72. The fraction of sp³-hybridized carbons (Fsp3) is 0.429. The molecule has 1 rings (SSSR count). The first-order valence-corrected chi connectivity index (χ1v) is 4.38. The van der Waals surface area contributed by atoms with E-state index in [1.807, 2.05) is 0 Å². The number of hydrogen-bond acceptors (Lipinski definition) is 6. The Morgan fingerprint density at radius 3 is 2.37 bits per heavy atom. The monoisotopic (exact) mass is 288 g/mol. The lowest BCUT2D eigenvalue weighted by atomic mass is 10.3. The molecule has 0 amide bonds. The third-order valence-corrected chi connectivity index (χ3v) is 1.80. The van der Waals surface area contributed by atoms with Crippen LogP contribution in [-0.2, 0) is 0 Å². The van der Waals surface area contributed by atoms with Crippen LogP contribution in [-0.4, -0.2) is 33.6 Å². The second-order valence-electron chi connectivity index (χ2n) is 3.16. The van der Waals surface area contributed by atoms with Crippen molar-refractivity contribution in [1.29, 1.82) is 0 Å². The number of nitrogens with two attached hydrogens (primary N) is 1. The lowest BCUT2D eigenvalue weighted by molar-refractivity contribution is -0.385. The maximum atomic E-state index is 12.6. The predicted molar refractivity (Wildman–Crippen MR) is 49.6 cm³/mol. The molecule has 0 fully saturated rings. The van der Waals surface area contributed by atoms with E-state index >= 15 is 0 Å². The van der Waals surface area contributed by atoms with Crippen LogP contribution in [0.2, 0.25) is 0 Å². The molecule has 0 atom stereocenters. The molecule has 1 aromatic heterocycles. The number of nitrogen functional groups attached to an aromatic ring is 1. The van der Waals surface area contributed by atoms with Crippen molar-refractivity contribution < 1.29 is 31.6 Å². The molecule has 106 valence electrons. The zero-order chi connectivity index (χ0) is 14.8. The summed E-state index contributed by atoms with van der Waals surface area (Å²) in [6, 6.07) is 0. The molecular weight excluding hydrogens is 283 g/mol. The Morgan fingerprint density at radius 2 is 1.89 bits per heavy atom. The summed E-state index contributed by atoms with van der Waals surface area (Å²) in [5, 5.41) is 10.5. The van der Waals surface area contributed by atoms with E-state index in [2.05, 4.69) is 14.7 Å². The van der Waals surface area contributed by atoms with Crippen molar-refractivity contribution in [3.63, 3.8) is 0 Å². The van der Waals surface area contributed by atoms with Gasteiger partial charge in [0.15, 0.2) is 6.61 Å². The van der Waals surface area contributed by atoms with Gasteiger partial charge in [-0.15, -0.1) is 0 Å². The van der Waals surface area contributed by atoms with Gasteiger partial charge in [-0.25, -0.2) is 4.98 Å². The van der Waals surface area contributed by atoms with Gasteiger partial charge < -0.3 is 10.5 Å². The van der Waals surface area contributed by atoms with Crippen LogP contribution >= 0.6 is 0 Å². The average Bonchev–Trinajstić information content (AvgIpc) is 2.24. The molecule has 0 radical (unpaired) electrons. The van der Waals surface area contributed by atoms with Gasteiger partial charge in [0.25, 0.3) is 5.88 Å². The number of rotatable bonds is 4. The summed E-state index contributed by atoms with van der Waals surface area (Å²) in [5.74, 6) is -6.97. The van der Waals surface area contributed by atoms with Crippen molar-refractivity contribution in [2.24, 2.45) is 0 Å². The number of nitro groups is 1. The first-order valence-electron chi connectivity index (χ1n) is 4.38. The van der Waals surface area contributed by atoms with Gasteiger partial charge >= 0.3 is 17.8 Å². The molecule has 0 aromatic carbocycles. The van der Waals surface area contributed by atoms with Crippen molar-refractivity contribution in [1.82, 2.24) is 9.97 Å². The lowest BCUT2D eigenvalue weighted by Crippen LogP contribution is -2.41. The minimum absolute atomic E-state index is 0.628. The van der Waals surface area contributed by atoms with Crippen molar-refractivity contribution in [2.45, 2.75) is 12.1 Å². The normalized spacial score (nSPS) is 12.3. The predicted octanol–water partition coefficient (Wildman–Crippen LogP) is 1.54. The summed E-state index contributed by atoms with van der Waals surface area (Å²) in [7, 11) is 0. The molecule has 19 heavy (non-hydrogen) atoms. The smallest absolute Gasteiger partial charge is 0.456 e. The summed E-state index contributed by atoms with van der Waals surface area (Å²) in [4.78, 5) is 15.6. The van der Waals surface area contributed by atoms with Gasteiger partial charge in [0.1, 0.15) is 6.33 Å². The Bertz CT molecular complexity index is 492. The van der Waals surface area contributed by atoms with E-state index in [4.69, 9.17) is 5.73 Å². The maximum Gasteiger partial charge on any atom is 0.456 e. The molecule has 0 unspecified atom stereocenters. The highest BCUT2D eigenvalue weighted by Crippen LogP contribution is 2.37. The van der Waals surface area contributed by atoms with Crippen LogP contribution in [0.1, 0.15) is 0 Å². The molecule has 0 bridgehead atoms. The van der Waals surface area contributed by atoms with Gasteiger partial charge in [-0.2, -0.15) is 26.9 Å². The fourth-order valence-electron chi connectivity index (χ4n) is 0.893. The molecule has 2 N–H and O–H groups in total. The van der Waals surface area contributed by atoms with Crippen LogP contribution in [0, 0.1) is 10.1 Å². The average molecular weight is 288 g/mol. The molecule has 0 aliphatic rings. The van der Waals surface area contributed by atoms with Crippen LogP contribution in [0.4, 0.5) is 33.5 Å².